The average molecular weight is 279 g/mol. The summed E-state index contributed by atoms with van der Waals surface area (Å²) in [7, 11) is 0. The van der Waals surface area contributed by atoms with Crippen LogP contribution in [0.25, 0.3) is 16.7 Å². The van der Waals surface area contributed by atoms with Crippen LogP contribution in [-0.4, -0.2) is 9.55 Å². The summed E-state index contributed by atoms with van der Waals surface area (Å²) in [5.41, 5.74) is 2.47. The highest BCUT2D eigenvalue weighted by molar-refractivity contribution is 7.71. The molecule has 0 fully saturated rings. The maximum atomic E-state index is 13.5. The second-order valence-corrected chi connectivity index (χ2v) is 4.68. The van der Waals surface area contributed by atoms with Crippen molar-refractivity contribution >= 4 is 34.9 Å². The standard InChI is InChI=1S/C13H8ClFN2S/c14-9-6-5-8(7-10(9)15)17-12-4-2-1-3-11(12)16-13(17)18/h1-7H,(H,16,18). The van der Waals surface area contributed by atoms with Gasteiger partial charge in [-0.3, -0.25) is 4.57 Å². The molecule has 0 radical (unpaired) electrons. The van der Waals surface area contributed by atoms with E-state index in [9.17, 15) is 4.39 Å². The van der Waals surface area contributed by atoms with Gasteiger partial charge < -0.3 is 4.98 Å². The number of benzene rings is 2. The Labute approximate surface area is 113 Å². The van der Waals surface area contributed by atoms with Crippen LogP contribution < -0.4 is 0 Å². The second-order valence-electron chi connectivity index (χ2n) is 3.88. The molecule has 2 nitrogen and oxygen atoms in total. The highest BCUT2D eigenvalue weighted by Gasteiger charge is 2.08. The summed E-state index contributed by atoms with van der Waals surface area (Å²) in [6.07, 6.45) is 0. The van der Waals surface area contributed by atoms with Crippen molar-refractivity contribution in [2.24, 2.45) is 0 Å². The van der Waals surface area contributed by atoms with Crippen molar-refractivity contribution in [3.8, 4) is 5.69 Å². The Kier molecular flexibility index (Phi) is 2.69. The molecule has 2 aromatic carbocycles. The van der Waals surface area contributed by atoms with Crippen LogP contribution in [0.15, 0.2) is 42.5 Å². The van der Waals surface area contributed by atoms with E-state index in [1.54, 1.807) is 10.6 Å². The van der Waals surface area contributed by atoms with E-state index in [1.165, 1.54) is 12.1 Å². The fourth-order valence-electron chi connectivity index (χ4n) is 1.94. The van der Waals surface area contributed by atoms with E-state index in [-0.39, 0.29) is 5.02 Å². The summed E-state index contributed by atoms with van der Waals surface area (Å²) in [4.78, 5) is 3.08. The third kappa shape index (κ3) is 1.74. The van der Waals surface area contributed by atoms with Gasteiger partial charge in [0.2, 0.25) is 0 Å². The molecule has 18 heavy (non-hydrogen) atoms. The molecule has 0 aliphatic rings. The minimum atomic E-state index is -0.457. The van der Waals surface area contributed by atoms with Gasteiger partial charge in [0.05, 0.1) is 21.7 Å². The third-order valence-corrected chi connectivity index (χ3v) is 3.34. The molecule has 3 aromatic rings. The molecule has 1 N–H and O–H groups in total. The van der Waals surface area contributed by atoms with Crippen LogP contribution >= 0.6 is 23.8 Å². The number of aromatic amines is 1. The Morgan fingerprint density at radius 2 is 1.94 bits per heavy atom. The highest BCUT2D eigenvalue weighted by Crippen LogP contribution is 2.22. The first-order valence-electron chi connectivity index (χ1n) is 5.32. The van der Waals surface area contributed by atoms with Crippen LogP contribution in [0.5, 0.6) is 0 Å². The number of aromatic nitrogens is 2. The highest BCUT2D eigenvalue weighted by atomic mass is 35.5. The van der Waals surface area contributed by atoms with Gasteiger partial charge >= 0.3 is 0 Å². The second kappa shape index (κ2) is 4.23. The number of nitrogens with zero attached hydrogens (tertiary/aromatic N) is 1. The minimum absolute atomic E-state index is 0.102. The van der Waals surface area contributed by atoms with E-state index in [4.69, 9.17) is 23.8 Å². The normalized spacial score (nSPS) is 11.0. The first-order chi connectivity index (χ1) is 8.66. The lowest BCUT2D eigenvalue weighted by Crippen LogP contribution is -1.94. The van der Waals surface area contributed by atoms with Crippen molar-refractivity contribution in [1.82, 2.24) is 9.55 Å². The Morgan fingerprint density at radius 1 is 1.17 bits per heavy atom. The SMILES string of the molecule is Fc1cc(-n2c(=S)[nH]c3ccccc32)ccc1Cl. The molecule has 0 saturated carbocycles. The molecular weight excluding hydrogens is 271 g/mol. The van der Waals surface area contributed by atoms with Crippen LogP contribution in [0.2, 0.25) is 5.02 Å². The zero-order chi connectivity index (χ0) is 12.7. The zero-order valence-electron chi connectivity index (χ0n) is 9.15. The van der Waals surface area contributed by atoms with Crippen molar-refractivity contribution in [2.75, 3.05) is 0 Å². The van der Waals surface area contributed by atoms with Gasteiger partial charge in [-0.1, -0.05) is 23.7 Å². The molecule has 0 amide bonds. The van der Waals surface area contributed by atoms with E-state index in [0.717, 1.165) is 11.0 Å². The van der Waals surface area contributed by atoms with Crippen LogP contribution in [0.4, 0.5) is 4.39 Å². The largest absolute Gasteiger partial charge is 0.330 e. The number of H-pyrrole nitrogens is 1. The summed E-state index contributed by atoms with van der Waals surface area (Å²) in [5, 5.41) is 0.102. The topological polar surface area (TPSA) is 20.7 Å². The lowest BCUT2D eigenvalue weighted by Gasteiger charge is -2.05. The van der Waals surface area contributed by atoms with Crippen LogP contribution in [0.3, 0.4) is 0 Å². The molecule has 90 valence electrons. The Balaban J connectivity index is 2.34. The maximum Gasteiger partial charge on any atom is 0.182 e. The van der Waals surface area contributed by atoms with Crippen molar-refractivity contribution in [3.05, 3.63) is 58.1 Å². The maximum absolute atomic E-state index is 13.5. The summed E-state index contributed by atoms with van der Waals surface area (Å²) < 4.78 is 15.8. The average Bonchev–Trinajstić information content (AvgIpc) is 2.69. The fraction of sp³-hybridized carbons (Fsp3) is 0. The van der Waals surface area contributed by atoms with Crippen LogP contribution in [0.1, 0.15) is 0 Å². The van der Waals surface area contributed by atoms with Gasteiger partial charge in [-0.25, -0.2) is 4.39 Å². The molecule has 1 aromatic heterocycles. The summed E-state index contributed by atoms with van der Waals surface area (Å²) >= 11 is 10.9. The van der Waals surface area contributed by atoms with Crippen molar-refractivity contribution in [1.29, 1.82) is 0 Å². The number of nitrogens with one attached hydrogen (secondary N) is 1. The van der Waals surface area contributed by atoms with Crippen molar-refractivity contribution in [2.45, 2.75) is 0 Å². The van der Waals surface area contributed by atoms with E-state index in [1.807, 2.05) is 24.3 Å². The Morgan fingerprint density at radius 3 is 2.72 bits per heavy atom. The van der Waals surface area contributed by atoms with Gasteiger partial charge in [0.15, 0.2) is 4.77 Å². The van der Waals surface area contributed by atoms with E-state index >= 15 is 0 Å². The molecule has 3 rings (SSSR count). The smallest absolute Gasteiger partial charge is 0.182 e. The quantitative estimate of drug-likeness (QED) is 0.651. The number of hydrogen-bond donors (Lipinski definition) is 1. The lowest BCUT2D eigenvalue weighted by atomic mass is 10.2. The first kappa shape index (κ1) is 11.4. The Bertz CT molecular complexity index is 791. The number of halogens is 2. The lowest BCUT2D eigenvalue weighted by molar-refractivity contribution is 0.627. The number of imidazole rings is 1. The summed E-state index contributed by atoms with van der Waals surface area (Å²) in [6.45, 7) is 0. The number of hydrogen-bond acceptors (Lipinski definition) is 1. The van der Waals surface area contributed by atoms with Crippen molar-refractivity contribution < 1.29 is 4.39 Å². The third-order valence-electron chi connectivity index (χ3n) is 2.75. The molecule has 0 bridgehead atoms. The zero-order valence-corrected chi connectivity index (χ0v) is 10.7. The van der Waals surface area contributed by atoms with E-state index in [2.05, 4.69) is 4.98 Å². The molecule has 0 saturated heterocycles. The number of rotatable bonds is 1. The molecule has 0 aliphatic heterocycles. The Hall–Kier alpha value is -1.65. The predicted molar refractivity (Wildman–Crippen MR) is 73.4 cm³/mol. The predicted octanol–water partition coefficient (Wildman–Crippen LogP) is 4.48. The van der Waals surface area contributed by atoms with Gasteiger partial charge in [0.25, 0.3) is 0 Å². The molecule has 1 heterocycles. The van der Waals surface area contributed by atoms with Crippen LogP contribution in [-0.2, 0) is 0 Å². The summed E-state index contributed by atoms with van der Waals surface area (Å²) in [5.74, 6) is -0.457. The van der Waals surface area contributed by atoms with Crippen LogP contribution in [0, 0.1) is 10.6 Å². The number of para-hydroxylation sites is 2. The van der Waals surface area contributed by atoms with E-state index < -0.39 is 5.82 Å². The van der Waals surface area contributed by atoms with E-state index in [0.29, 0.717) is 10.5 Å². The fourth-order valence-corrected chi connectivity index (χ4v) is 2.37. The van der Waals surface area contributed by atoms with Gasteiger partial charge in [-0.2, -0.15) is 0 Å². The minimum Gasteiger partial charge on any atom is -0.330 e. The van der Waals surface area contributed by atoms with Gasteiger partial charge in [-0.05, 0) is 42.5 Å². The molecular formula is C13H8ClFN2S. The molecule has 5 heteroatoms. The monoisotopic (exact) mass is 278 g/mol. The van der Waals surface area contributed by atoms with Gasteiger partial charge in [0.1, 0.15) is 5.82 Å². The van der Waals surface area contributed by atoms with Gasteiger partial charge in [0, 0.05) is 0 Å². The molecule has 0 unspecified atom stereocenters. The van der Waals surface area contributed by atoms with Crippen molar-refractivity contribution in [3.63, 3.8) is 0 Å². The molecule has 0 atom stereocenters. The number of fused-ring (bicyclic) bond motifs is 1. The molecule has 0 aliphatic carbocycles. The molecule has 0 spiro atoms. The first-order valence-corrected chi connectivity index (χ1v) is 6.10. The van der Waals surface area contributed by atoms with Gasteiger partial charge in [-0.15, -0.1) is 0 Å². The summed E-state index contributed by atoms with van der Waals surface area (Å²) in [6, 6.07) is 12.3.